The third-order valence-corrected chi connectivity index (χ3v) is 9.13. The number of nitrogens with zero attached hydrogens (tertiary/aromatic N) is 4. The first kappa shape index (κ1) is 34.0. The van der Waals surface area contributed by atoms with Crippen LogP contribution < -0.4 is 0 Å². The summed E-state index contributed by atoms with van der Waals surface area (Å²) >= 11 is 0. The first-order valence-electron chi connectivity index (χ1n) is 17.1. The van der Waals surface area contributed by atoms with Crippen molar-refractivity contribution in [2.24, 2.45) is 0 Å². The predicted molar refractivity (Wildman–Crippen MR) is 205 cm³/mol. The monoisotopic (exact) mass is 841 g/mol. The molecule has 0 aliphatic carbocycles. The maximum atomic E-state index is 6.45. The van der Waals surface area contributed by atoms with Crippen LogP contribution in [0.25, 0.3) is 72.3 Å². The zero-order valence-electron chi connectivity index (χ0n) is 28.9. The number of para-hydroxylation sites is 3. The maximum Gasteiger partial charge on any atom is 0.168 e. The van der Waals surface area contributed by atoms with Crippen molar-refractivity contribution in [2.45, 2.75) is 39.5 Å². The van der Waals surface area contributed by atoms with E-state index in [-0.39, 0.29) is 20.1 Å². The number of hydrogen-bond acceptors (Lipinski definition) is 4. The number of aromatic nitrogens is 4. The molecule has 0 saturated carbocycles. The topological polar surface area (TPSA) is 56.7 Å². The van der Waals surface area contributed by atoms with Crippen molar-refractivity contribution in [1.29, 1.82) is 0 Å². The van der Waals surface area contributed by atoms with Crippen LogP contribution in [0.4, 0.5) is 0 Å². The second kappa shape index (κ2) is 14.4. The third kappa shape index (κ3) is 6.38. The van der Waals surface area contributed by atoms with E-state index >= 15 is 0 Å². The van der Waals surface area contributed by atoms with Crippen LogP contribution in [-0.4, -0.2) is 19.5 Å². The molecule has 253 valence electrons. The van der Waals surface area contributed by atoms with Gasteiger partial charge in [-0.1, -0.05) is 105 Å². The van der Waals surface area contributed by atoms with Crippen molar-refractivity contribution in [2.75, 3.05) is 0 Å². The van der Waals surface area contributed by atoms with Crippen molar-refractivity contribution in [3.8, 4) is 28.3 Å². The molecule has 4 aromatic heterocycles. The molecule has 0 fully saturated rings. The maximum absolute atomic E-state index is 6.45. The molecule has 9 aromatic rings. The van der Waals surface area contributed by atoms with Crippen molar-refractivity contribution in [3.05, 3.63) is 157 Å². The fourth-order valence-electron chi connectivity index (χ4n) is 6.70. The fourth-order valence-corrected chi connectivity index (χ4v) is 6.70. The fraction of sp³-hybridized carbons (Fsp3) is 0.133. The Balaban J connectivity index is 0.000000265. The molecule has 0 aliphatic rings. The van der Waals surface area contributed by atoms with E-state index in [1.54, 1.807) is 6.20 Å². The number of benzene rings is 5. The summed E-state index contributed by atoms with van der Waals surface area (Å²) in [6.07, 6.45) is 1.79. The summed E-state index contributed by atoms with van der Waals surface area (Å²) in [4.78, 5) is 14.4. The number of imidazole rings is 1. The summed E-state index contributed by atoms with van der Waals surface area (Å²) < 4.78 is 8.76. The normalized spacial score (nSPS) is 11.3. The van der Waals surface area contributed by atoms with Gasteiger partial charge in [-0.15, -0.1) is 54.1 Å². The van der Waals surface area contributed by atoms with Gasteiger partial charge in [-0.3, -0.25) is 4.98 Å². The third-order valence-electron chi connectivity index (χ3n) is 9.13. The van der Waals surface area contributed by atoms with Crippen LogP contribution in [0.15, 0.2) is 138 Å². The average Bonchev–Trinajstić information content (AvgIpc) is 3.72. The zero-order chi connectivity index (χ0) is 34.2. The number of pyridine rings is 2. The summed E-state index contributed by atoms with van der Waals surface area (Å²) in [6, 6.07) is 49.6. The minimum atomic E-state index is 0. The van der Waals surface area contributed by atoms with Crippen LogP contribution in [0.3, 0.4) is 0 Å². The number of fused-ring (bicyclic) bond motifs is 5. The Morgan fingerprint density at radius 2 is 1.41 bits per heavy atom. The van der Waals surface area contributed by atoms with Gasteiger partial charge in [0.25, 0.3) is 0 Å². The van der Waals surface area contributed by atoms with Gasteiger partial charge in [0.15, 0.2) is 5.65 Å². The number of furan rings is 1. The molecule has 0 saturated heterocycles. The van der Waals surface area contributed by atoms with Gasteiger partial charge in [-0.2, -0.15) is 0 Å². The van der Waals surface area contributed by atoms with Gasteiger partial charge < -0.3 is 14.0 Å². The molecule has 4 heterocycles. The Kier molecular flexibility index (Phi) is 9.64. The molecule has 5 aromatic carbocycles. The zero-order valence-corrected chi connectivity index (χ0v) is 31.3. The molecule has 0 spiro atoms. The van der Waals surface area contributed by atoms with Crippen LogP contribution in [0.2, 0.25) is 0 Å². The minimum absolute atomic E-state index is 0. The van der Waals surface area contributed by atoms with Gasteiger partial charge in [-0.25, -0.2) is 4.98 Å². The van der Waals surface area contributed by atoms with E-state index in [0.29, 0.717) is 17.5 Å². The molecule has 5 nitrogen and oxygen atoms in total. The van der Waals surface area contributed by atoms with Crippen molar-refractivity contribution < 1.29 is 24.5 Å². The Labute approximate surface area is 311 Å². The number of hydrogen-bond donors (Lipinski definition) is 0. The first-order valence-corrected chi connectivity index (χ1v) is 17.1. The molecule has 0 aliphatic heterocycles. The van der Waals surface area contributed by atoms with E-state index in [1.807, 2.05) is 78.9 Å². The van der Waals surface area contributed by atoms with E-state index in [1.165, 1.54) is 16.8 Å². The molecule has 9 rings (SSSR count). The summed E-state index contributed by atoms with van der Waals surface area (Å²) in [5, 5.41) is 3.24. The van der Waals surface area contributed by atoms with Gasteiger partial charge in [0.2, 0.25) is 0 Å². The standard InChI is InChI=1S/C34H28N3O.C11H8N.Ir/c1-20(2)23-13-9-14-24(21(3)4)31(23)37-29-19-22-11-5-7-17-28(22)35-33(29)36-34(37)27-16-10-15-26-25-12-6-8-18-30(25)38-32(26)27;1-2-6-10(7-3-1)11-8-4-5-9-12-11;/h5-15,17-21H,1-4H3;1-6,8-9H;/q2*-1;. The molecule has 51 heavy (non-hydrogen) atoms. The molecular weight excluding hydrogens is 805 g/mol. The summed E-state index contributed by atoms with van der Waals surface area (Å²) in [7, 11) is 0. The summed E-state index contributed by atoms with van der Waals surface area (Å²) in [6.45, 7) is 9.01. The predicted octanol–water partition coefficient (Wildman–Crippen LogP) is 11.7. The quantitative estimate of drug-likeness (QED) is 0.162. The van der Waals surface area contributed by atoms with Crippen molar-refractivity contribution in [3.63, 3.8) is 0 Å². The van der Waals surface area contributed by atoms with Crippen molar-refractivity contribution in [1.82, 2.24) is 19.5 Å². The van der Waals surface area contributed by atoms with Crippen LogP contribution in [0, 0.1) is 12.1 Å². The largest absolute Gasteiger partial charge is 0.501 e. The van der Waals surface area contributed by atoms with Crippen LogP contribution in [-0.2, 0) is 20.1 Å². The van der Waals surface area contributed by atoms with Crippen molar-refractivity contribution >= 4 is 44.0 Å². The van der Waals surface area contributed by atoms with E-state index in [2.05, 4.69) is 97.9 Å². The molecule has 0 N–H and O–H groups in total. The Morgan fingerprint density at radius 1 is 0.667 bits per heavy atom. The van der Waals surface area contributed by atoms with Crippen LogP contribution in [0.5, 0.6) is 0 Å². The average molecular weight is 841 g/mol. The van der Waals surface area contributed by atoms with E-state index < -0.39 is 0 Å². The Morgan fingerprint density at radius 3 is 2.16 bits per heavy atom. The van der Waals surface area contributed by atoms with Gasteiger partial charge >= 0.3 is 0 Å². The van der Waals surface area contributed by atoms with E-state index in [0.717, 1.165) is 61.0 Å². The van der Waals surface area contributed by atoms with Gasteiger partial charge in [0.1, 0.15) is 5.58 Å². The Bertz CT molecular complexity index is 2540. The van der Waals surface area contributed by atoms with Crippen LogP contribution in [0.1, 0.15) is 50.7 Å². The summed E-state index contributed by atoms with van der Waals surface area (Å²) in [5.74, 6) is 1.45. The van der Waals surface area contributed by atoms with E-state index in [9.17, 15) is 0 Å². The molecule has 0 atom stereocenters. The molecule has 0 unspecified atom stereocenters. The molecule has 6 heteroatoms. The smallest absolute Gasteiger partial charge is 0.168 e. The molecule has 1 radical (unpaired) electrons. The molecule has 0 amide bonds. The Hall–Kier alpha value is -5.42. The SMILES string of the molecule is CC(C)c1cccc(C(C)C)c1-n1c(-c2[c-]ccc3c2oc2ccccc23)nc2nc3ccccc3cc21.[Ir].[c-]1ccccc1-c1ccccn1. The van der Waals surface area contributed by atoms with Gasteiger partial charge in [0, 0.05) is 42.8 Å². The van der Waals surface area contributed by atoms with Gasteiger partial charge in [-0.05, 0) is 52.9 Å². The second-order valence-electron chi connectivity index (χ2n) is 13.1. The minimum Gasteiger partial charge on any atom is -0.501 e. The summed E-state index contributed by atoms with van der Waals surface area (Å²) in [5.41, 5.74) is 10.9. The van der Waals surface area contributed by atoms with Gasteiger partial charge in [0.05, 0.1) is 22.4 Å². The first-order chi connectivity index (χ1) is 24.5. The van der Waals surface area contributed by atoms with E-state index in [4.69, 9.17) is 14.4 Å². The van der Waals surface area contributed by atoms with Crippen LogP contribution >= 0.6 is 0 Å². The number of rotatable bonds is 5. The molecular formula is C45H36IrN4O-2. The second-order valence-corrected chi connectivity index (χ2v) is 13.1. The molecule has 0 bridgehead atoms.